The number of hydrogen-bond acceptors (Lipinski definition) is 2. The zero-order chi connectivity index (χ0) is 7.97. The molecule has 3 rings (SSSR count). The summed E-state index contributed by atoms with van der Waals surface area (Å²) >= 11 is 0. The number of aromatic nitrogens is 1. The van der Waals surface area contributed by atoms with Crippen molar-refractivity contribution in [3.8, 4) is 0 Å². The van der Waals surface area contributed by atoms with Crippen LogP contribution in [0.1, 0.15) is 18.2 Å². The van der Waals surface area contributed by atoms with Crippen LogP contribution in [0.3, 0.4) is 0 Å². The largest absolute Gasteiger partial charge is 0.279 e. The third kappa shape index (κ3) is 0.806. The molecule has 12 heavy (non-hydrogen) atoms. The first kappa shape index (κ1) is 6.57. The molecular weight excluding hydrogens is 152 g/mol. The van der Waals surface area contributed by atoms with Gasteiger partial charge in [-0.1, -0.05) is 6.07 Å². The minimum absolute atomic E-state index is 0.306. The van der Waals surface area contributed by atoms with E-state index in [0.29, 0.717) is 6.10 Å². The molecule has 3 heteroatoms. The molecule has 0 amide bonds. The van der Waals surface area contributed by atoms with Gasteiger partial charge in [-0.2, -0.15) is 4.57 Å². The van der Waals surface area contributed by atoms with E-state index in [0.717, 1.165) is 19.6 Å². The minimum Gasteiger partial charge on any atom is -0.279 e. The molecule has 0 aliphatic carbocycles. The number of fused-ring (bicyclic) bond motifs is 4. The highest BCUT2D eigenvalue weighted by molar-refractivity contribution is 5.02. The molecular formula is C9H11N2O+. The Morgan fingerprint density at radius 3 is 3.50 bits per heavy atom. The summed E-state index contributed by atoms with van der Waals surface area (Å²) < 4.78 is 2.25. The van der Waals surface area contributed by atoms with E-state index in [1.807, 2.05) is 5.06 Å². The summed E-state index contributed by atoms with van der Waals surface area (Å²) in [6.45, 7) is 1.94. The van der Waals surface area contributed by atoms with Gasteiger partial charge in [0.2, 0.25) is 12.4 Å². The summed E-state index contributed by atoms with van der Waals surface area (Å²) in [4.78, 5) is 5.64. The van der Waals surface area contributed by atoms with E-state index in [-0.39, 0.29) is 0 Å². The van der Waals surface area contributed by atoms with Crippen LogP contribution in [0.15, 0.2) is 24.4 Å². The topological polar surface area (TPSA) is 16.4 Å². The second-order valence-corrected chi connectivity index (χ2v) is 3.32. The van der Waals surface area contributed by atoms with E-state index < -0.39 is 0 Å². The van der Waals surface area contributed by atoms with Crippen LogP contribution in [0.5, 0.6) is 0 Å². The number of hydroxylamine groups is 2. The van der Waals surface area contributed by atoms with Gasteiger partial charge in [0, 0.05) is 25.1 Å². The Morgan fingerprint density at radius 2 is 2.50 bits per heavy atom. The highest BCUT2D eigenvalue weighted by atomic mass is 16.7. The predicted octanol–water partition coefficient (Wildman–Crippen LogP) is 0.624. The van der Waals surface area contributed by atoms with Crippen LogP contribution in [0.2, 0.25) is 0 Å². The van der Waals surface area contributed by atoms with Gasteiger partial charge in [0.25, 0.3) is 0 Å². The first-order chi connectivity index (χ1) is 5.93. The zero-order valence-electron chi connectivity index (χ0n) is 6.81. The smallest absolute Gasteiger partial charge is 0.226 e. The van der Waals surface area contributed by atoms with Gasteiger partial charge in [-0.3, -0.25) is 4.84 Å². The van der Waals surface area contributed by atoms with Gasteiger partial charge in [0.05, 0.1) is 0 Å². The summed E-state index contributed by atoms with van der Waals surface area (Å²) in [6.07, 6.45) is 3.55. The van der Waals surface area contributed by atoms with Crippen molar-refractivity contribution < 1.29 is 9.40 Å². The highest BCUT2D eigenvalue weighted by Crippen LogP contribution is 2.29. The fourth-order valence-electron chi connectivity index (χ4n) is 1.93. The number of pyridine rings is 1. The Morgan fingerprint density at radius 1 is 1.50 bits per heavy atom. The van der Waals surface area contributed by atoms with Gasteiger partial charge in [-0.05, 0) is 0 Å². The minimum atomic E-state index is 0.306. The van der Waals surface area contributed by atoms with E-state index in [4.69, 9.17) is 4.84 Å². The normalized spacial score (nSPS) is 31.7. The van der Waals surface area contributed by atoms with Crippen molar-refractivity contribution in [1.82, 2.24) is 5.06 Å². The third-order valence-corrected chi connectivity index (χ3v) is 2.53. The van der Waals surface area contributed by atoms with Crippen molar-refractivity contribution in [2.45, 2.75) is 19.2 Å². The van der Waals surface area contributed by atoms with Crippen LogP contribution in [0, 0.1) is 0 Å². The molecule has 0 N–H and O–H groups in total. The molecule has 0 spiro atoms. The van der Waals surface area contributed by atoms with Crippen LogP contribution in [-0.4, -0.2) is 11.6 Å². The molecule has 1 saturated heterocycles. The Balaban J connectivity index is 2.13. The fourth-order valence-corrected chi connectivity index (χ4v) is 1.93. The van der Waals surface area contributed by atoms with Crippen molar-refractivity contribution in [3.63, 3.8) is 0 Å². The van der Waals surface area contributed by atoms with Crippen molar-refractivity contribution in [2.75, 3.05) is 6.54 Å². The lowest BCUT2D eigenvalue weighted by atomic mass is 10.2. The molecule has 2 unspecified atom stereocenters. The van der Waals surface area contributed by atoms with E-state index in [1.165, 1.54) is 5.69 Å². The lowest BCUT2D eigenvalue weighted by Gasteiger charge is -2.18. The van der Waals surface area contributed by atoms with E-state index in [2.05, 4.69) is 29.0 Å². The van der Waals surface area contributed by atoms with Crippen molar-refractivity contribution in [3.05, 3.63) is 30.1 Å². The SMILES string of the molecule is c1cc[n+]2c(c1)C1CCN(C2)O1. The average molecular weight is 163 g/mol. The highest BCUT2D eigenvalue weighted by Gasteiger charge is 2.37. The molecule has 3 heterocycles. The van der Waals surface area contributed by atoms with Crippen molar-refractivity contribution >= 4 is 0 Å². The van der Waals surface area contributed by atoms with Gasteiger partial charge in [-0.15, -0.1) is 5.06 Å². The molecule has 3 nitrogen and oxygen atoms in total. The average Bonchev–Trinajstić information content (AvgIpc) is 2.49. The number of hydrogen-bond donors (Lipinski definition) is 0. The number of nitrogens with zero attached hydrogens (tertiary/aromatic N) is 2. The first-order valence-corrected chi connectivity index (χ1v) is 4.33. The fraction of sp³-hybridized carbons (Fsp3) is 0.444. The Labute approximate surface area is 71.1 Å². The van der Waals surface area contributed by atoms with E-state index in [1.54, 1.807) is 0 Å². The second-order valence-electron chi connectivity index (χ2n) is 3.32. The molecule has 2 atom stereocenters. The molecule has 2 aliphatic rings. The van der Waals surface area contributed by atoms with Gasteiger partial charge >= 0.3 is 0 Å². The summed E-state index contributed by atoms with van der Waals surface area (Å²) in [5, 5.41) is 2.03. The van der Waals surface area contributed by atoms with Crippen molar-refractivity contribution in [1.29, 1.82) is 0 Å². The first-order valence-electron chi connectivity index (χ1n) is 4.33. The molecule has 0 radical (unpaired) electrons. The maximum Gasteiger partial charge on any atom is 0.226 e. The lowest BCUT2D eigenvalue weighted by Crippen LogP contribution is -2.48. The monoisotopic (exact) mass is 163 g/mol. The third-order valence-electron chi connectivity index (χ3n) is 2.53. The molecule has 0 saturated carbocycles. The van der Waals surface area contributed by atoms with Crippen LogP contribution in [0.25, 0.3) is 0 Å². The number of rotatable bonds is 0. The molecule has 62 valence electrons. The summed E-state index contributed by atoms with van der Waals surface area (Å²) in [7, 11) is 0. The Hall–Kier alpha value is -0.930. The Bertz CT molecular complexity index is 313. The molecule has 1 fully saturated rings. The molecule has 2 aliphatic heterocycles. The maximum atomic E-state index is 5.64. The van der Waals surface area contributed by atoms with Gasteiger partial charge in [0.1, 0.15) is 0 Å². The summed E-state index contributed by atoms with van der Waals surface area (Å²) in [5.41, 5.74) is 1.31. The van der Waals surface area contributed by atoms with Gasteiger partial charge < -0.3 is 0 Å². The second kappa shape index (κ2) is 2.28. The molecule has 1 aromatic rings. The van der Waals surface area contributed by atoms with Gasteiger partial charge in [-0.25, -0.2) is 0 Å². The quantitative estimate of drug-likeness (QED) is 0.521. The lowest BCUT2D eigenvalue weighted by molar-refractivity contribution is -0.751. The summed E-state index contributed by atoms with van der Waals surface area (Å²) in [5.74, 6) is 0. The molecule has 1 aromatic heterocycles. The zero-order valence-corrected chi connectivity index (χ0v) is 6.81. The maximum absolute atomic E-state index is 5.64. The Kier molecular flexibility index (Phi) is 1.25. The standard InChI is InChI=1S/C9H11N2O/c1-2-5-10-7-11-6-4-9(12-11)8(10)3-1/h1-3,5,9H,4,6-7H2/q+1. The van der Waals surface area contributed by atoms with Crippen LogP contribution < -0.4 is 4.57 Å². The summed E-state index contributed by atoms with van der Waals surface area (Å²) in [6, 6.07) is 6.28. The predicted molar refractivity (Wildman–Crippen MR) is 41.8 cm³/mol. The molecule has 2 bridgehead atoms. The van der Waals surface area contributed by atoms with Crippen LogP contribution >= 0.6 is 0 Å². The van der Waals surface area contributed by atoms with Crippen LogP contribution in [0.4, 0.5) is 0 Å². The van der Waals surface area contributed by atoms with E-state index >= 15 is 0 Å². The van der Waals surface area contributed by atoms with Crippen molar-refractivity contribution in [2.24, 2.45) is 0 Å². The van der Waals surface area contributed by atoms with E-state index in [9.17, 15) is 0 Å². The molecule has 0 aromatic carbocycles. The van der Waals surface area contributed by atoms with Crippen LogP contribution in [-0.2, 0) is 11.5 Å². The van der Waals surface area contributed by atoms with Gasteiger partial charge in [0.15, 0.2) is 12.3 Å².